The number of ether oxygens (including phenoxy) is 1. The normalized spacial score (nSPS) is 11.1. The van der Waals surface area contributed by atoms with E-state index < -0.39 is 5.97 Å². The molecule has 0 bridgehead atoms. The predicted molar refractivity (Wildman–Crippen MR) is 130 cm³/mol. The van der Waals surface area contributed by atoms with Crippen LogP contribution in [0, 0.1) is 19.7 Å². The van der Waals surface area contributed by atoms with E-state index in [1.54, 1.807) is 49.5 Å². The molecule has 180 valence electrons. The molecular formula is C27H26FN3O4. The van der Waals surface area contributed by atoms with Crippen molar-refractivity contribution in [2.45, 2.75) is 33.2 Å². The Hall–Kier alpha value is -4.07. The highest BCUT2D eigenvalue weighted by Crippen LogP contribution is 2.18. The van der Waals surface area contributed by atoms with Gasteiger partial charge in [0.15, 0.2) is 6.61 Å². The highest BCUT2D eigenvalue weighted by atomic mass is 19.1. The maximum Gasteiger partial charge on any atom is 0.306 e. The van der Waals surface area contributed by atoms with Crippen molar-refractivity contribution < 1.29 is 18.7 Å². The van der Waals surface area contributed by atoms with Crippen molar-refractivity contribution in [1.29, 1.82) is 0 Å². The van der Waals surface area contributed by atoms with Gasteiger partial charge >= 0.3 is 5.97 Å². The van der Waals surface area contributed by atoms with Crippen molar-refractivity contribution >= 4 is 22.7 Å². The van der Waals surface area contributed by atoms with Gasteiger partial charge in [0, 0.05) is 37.0 Å². The van der Waals surface area contributed by atoms with E-state index in [1.165, 1.54) is 16.7 Å². The first-order valence-corrected chi connectivity index (χ1v) is 11.3. The minimum absolute atomic E-state index is 0.00448. The van der Waals surface area contributed by atoms with Crippen LogP contribution < -0.4 is 5.56 Å². The fourth-order valence-electron chi connectivity index (χ4n) is 4.10. The van der Waals surface area contributed by atoms with Gasteiger partial charge in [-0.2, -0.15) is 0 Å². The Labute approximate surface area is 201 Å². The molecule has 0 saturated heterocycles. The van der Waals surface area contributed by atoms with Crippen LogP contribution in [-0.4, -0.2) is 32.5 Å². The van der Waals surface area contributed by atoms with Gasteiger partial charge in [0.25, 0.3) is 5.56 Å². The van der Waals surface area contributed by atoms with Crippen LogP contribution in [0.3, 0.4) is 0 Å². The van der Waals surface area contributed by atoms with Crippen molar-refractivity contribution in [1.82, 2.24) is 14.1 Å². The maximum absolute atomic E-state index is 13.2. The van der Waals surface area contributed by atoms with Crippen molar-refractivity contribution in [2.24, 2.45) is 7.05 Å². The molecule has 0 amide bonds. The number of carbonyl (C=O) groups is 2. The van der Waals surface area contributed by atoms with Gasteiger partial charge in [-0.15, -0.1) is 0 Å². The number of aryl methyl sites for hydroxylation is 2. The third-order valence-corrected chi connectivity index (χ3v) is 6.12. The summed E-state index contributed by atoms with van der Waals surface area (Å²) in [5, 5.41) is 0.518. The van der Waals surface area contributed by atoms with Crippen LogP contribution in [0.25, 0.3) is 10.9 Å². The summed E-state index contributed by atoms with van der Waals surface area (Å²) >= 11 is 0. The summed E-state index contributed by atoms with van der Waals surface area (Å²) in [6.07, 6.45) is 0.214. The van der Waals surface area contributed by atoms with Crippen molar-refractivity contribution in [3.05, 3.63) is 99.1 Å². The minimum Gasteiger partial charge on any atom is -0.457 e. The number of ketones is 1. The molecular weight excluding hydrogens is 449 g/mol. The average molecular weight is 476 g/mol. The summed E-state index contributed by atoms with van der Waals surface area (Å²) < 4.78 is 21.8. The Balaban J connectivity index is 1.37. The van der Waals surface area contributed by atoms with Gasteiger partial charge in [-0.25, -0.2) is 9.37 Å². The number of para-hydroxylation sites is 1. The first-order chi connectivity index (χ1) is 16.7. The average Bonchev–Trinajstić information content (AvgIpc) is 3.13. The number of carbonyl (C=O) groups excluding carboxylic acids is 2. The quantitative estimate of drug-likeness (QED) is 0.285. The zero-order valence-electron chi connectivity index (χ0n) is 19.9. The second-order valence-corrected chi connectivity index (χ2v) is 8.49. The van der Waals surface area contributed by atoms with Crippen molar-refractivity contribution in [3.8, 4) is 0 Å². The fourth-order valence-corrected chi connectivity index (χ4v) is 4.10. The number of hydrogen-bond donors (Lipinski definition) is 0. The highest BCUT2D eigenvalue weighted by molar-refractivity contribution is 5.99. The molecule has 0 aliphatic heterocycles. The molecule has 0 radical (unpaired) electrons. The SMILES string of the molecule is Cc1cc(C(=O)COC(=O)CCc2nc3ccccc3c(=O)n2C)c(C)n1Cc1ccc(F)cc1. The van der Waals surface area contributed by atoms with Crippen LogP contribution >= 0.6 is 0 Å². The molecule has 0 aliphatic carbocycles. The van der Waals surface area contributed by atoms with E-state index in [0.29, 0.717) is 28.8 Å². The summed E-state index contributed by atoms with van der Waals surface area (Å²) in [4.78, 5) is 42.0. The monoisotopic (exact) mass is 475 g/mol. The fraction of sp³-hybridized carbons (Fsp3) is 0.259. The van der Waals surface area contributed by atoms with E-state index in [4.69, 9.17) is 4.74 Å². The first-order valence-electron chi connectivity index (χ1n) is 11.3. The van der Waals surface area contributed by atoms with Gasteiger partial charge in [0.05, 0.1) is 17.3 Å². The standard InChI is InChI=1S/C27H26FN3O4/c1-17-14-22(18(2)31(17)15-19-8-10-20(28)11-9-19)24(32)16-35-26(33)13-12-25-29-23-7-5-4-6-21(23)27(34)30(25)3/h4-11,14H,12-13,15-16H2,1-3H3. The Bertz CT molecular complexity index is 1470. The van der Waals surface area contributed by atoms with Crippen molar-refractivity contribution in [2.75, 3.05) is 6.61 Å². The Morgan fingerprint density at radius 3 is 2.51 bits per heavy atom. The summed E-state index contributed by atoms with van der Waals surface area (Å²) in [6, 6.07) is 15.0. The lowest BCUT2D eigenvalue weighted by atomic mass is 10.1. The first kappa shape index (κ1) is 24.1. The number of halogens is 1. The zero-order chi connectivity index (χ0) is 25.1. The smallest absolute Gasteiger partial charge is 0.306 e. The molecule has 2 heterocycles. The van der Waals surface area contributed by atoms with Gasteiger partial charge in [-0.3, -0.25) is 19.0 Å². The Morgan fingerprint density at radius 2 is 1.77 bits per heavy atom. The van der Waals surface area contributed by atoms with E-state index in [-0.39, 0.29) is 36.6 Å². The number of nitrogens with zero attached hydrogens (tertiary/aromatic N) is 3. The van der Waals surface area contributed by atoms with E-state index >= 15 is 0 Å². The summed E-state index contributed by atoms with van der Waals surface area (Å²) in [7, 11) is 1.62. The summed E-state index contributed by atoms with van der Waals surface area (Å²) in [6.45, 7) is 3.85. The second kappa shape index (κ2) is 10.0. The third kappa shape index (κ3) is 5.21. The number of esters is 1. The molecule has 0 fully saturated rings. The number of fused-ring (bicyclic) bond motifs is 1. The third-order valence-electron chi connectivity index (χ3n) is 6.12. The molecule has 35 heavy (non-hydrogen) atoms. The van der Waals surface area contributed by atoms with E-state index in [1.807, 2.05) is 18.4 Å². The van der Waals surface area contributed by atoms with Crippen LogP contribution in [0.4, 0.5) is 4.39 Å². The predicted octanol–water partition coefficient (Wildman–Crippen LogP) is 3.90. The number of Topliss-reactive ketones (excluding diaryl/α,β-unsaturated/α-hetero) is 1. The molecule has 7 nitrogen and oxygen atoms in total. The van der Waals surface area contributed by atoms with Crippen LogP contribution in [0.15, 0.2) is 59.4 Å². The van der Waals surface area contributed by atoms with E-state index in [0.717, 1.165) is 17.0 Å². The van der Waals surface area contributed by atoms with Crippen LogP contribution in [0.1, 0.15) is 39.6 Å². The van der Waals surface area contributed by atoms with Gasteiger partial charge < -0.3 is 9.30 Å². The zero-order valence-corrected chi connectivity index (χ0v) is 19.9. The van der Waals surface area contributed by atoms with Crippen molar-refractivity contribution in [3.63, 3.8) is 0 Å². The highest BCUT2D eigenvalue weighted by Gasteiger charge is 2.18. The molecule has 0 N–H and O–H groups in total. The number of rotatable bonds is 8. The van der Waals surface area contributed by atoms with E-state index in [9.17, 15) is 18.8 Å². The summed E-state index contributed by atoms with van der Waals surface area (Å²) in [5.41, 5.74) is 3.43. The number of aromatic nitrogens is 3. The lowest BCUT2D eigenvalue weighted by Gasteiger charge is -2.10. The number of benzene rings is 2. The molecule has 0 atom stereocenters. The lowest BCUT2D eigenvalue weighted by molar-refractivity contribution is -0.142. The Kier molecular flexibility index (Phi) is 6.91. The van der Waals surface area contributed by atoms with Gasteiger partial charge in [-0.1, -0.05) is 24.3 Å². The van der Waals surface area contributed by atoms with Gasteiger partial charge in [0.2, 0.25) is 5.78 Å². The van der Waals surface area contributed by atoms with E-state index in [2.05, 4.69) is 4.98 Å². The molecule has 2 aromatic carbocycles. The molecule has 4 rings (SSSR count). The van der Waals surface area contributed by atoms with Crippen LogP contribution in [-0.2, 0) is 29.5 Å². The lowest BCUT2D eigenvalue weighted by Crippen LogP contribution is -2.23. The molecule has 2 aromatic heterocycles. The minimum atomic E-state index is -0.541. The largest absolute Gasteiger partial charge is 0.457 e. The van der Waals surface area contributed by atoms with Gasteiger partial charge in [-0.05, 0) is 49.7 Å². The van der Waals surface area contributed by atoms with Crippen LogP contribution in [0.2, 0.25) is 0 Å². The molecule has 0 aliphatic rings. The number of hydrogen-bond acceptors (Lipinski definition) is 5. The molecule has 8 heteroatoms. The van der Waals surface area contributed by atoms with Gasteiger partial charge in [0.1, 0.15) is 11.6 Å². The summed E-state index contributed by atoms with van der Waals surface area (Å²) in [5.74, 6) is -0.666. The van der Waals surface area contributed by atoms with Crippen LogP contribution in [0.5, 0.6) is 0 Å². The molecule has 4 aromatic rings. The molecule has 0 saturated carbocycles. The topological polar surface area (TPSA) is 83.2 Å². The molecule has 0 spiro atoms. The maximum atomic E-state index is 13.2. The second-order valence-electron chi connectivity index (χ2n) is 8.49. The Morgan fingerprint density at radius 1 is 1.06 bits per heavy atom. The molecule has 0 unspecified atom stereocenters.